The highest BCUT2D eigenvalue weighted by atomic mass is 16.5. The molecular weight excluding hydrogens is 280 g/mol. The van der Waals surface area contributed by atoms with Crippen LogP contribution in [0.3, 0.4) is 0 Å². The topological polar surface area (TPSA) is 61.8 Å². The van der Waals surface area contributed by atoms with Gasteiger partial charge in [0.25, 0.3) is 0 Å². The molecule has 0 spiro atoms. The number of rotatable bonds is 5. The molecule has 1 atom stereocenters. The lowest BCUT2D eigenvalue weighted by Crippen LogP contribution is -2.50. The number of nitrogens with one attached hydrogen (secondary N) is 1. The summed E-state index contributed by atoms with van der Waals surface area (Å²) in [6.07, 6.45) is -0.612. The second-order valence-corrected chi connectivity index (χ2v) is 6.80. The van der Waals surface area contributed by atoms with Gasteiger partial charge in [-0.3, -0.25) is 9.69 Å². The number of ether oxygens (including phenoxy) is 1. The molecule has 1 amide bonds. The quantitative estimate of drug-likeness (QED) is 0.857. The Bertz CT molecular complexity index is 511. The molecule has 22 heavy (non-hydrogen) atoms. The van der Waals surface area contributed by atoms with Gasteiger partial charge in [-0.25, -0.2) is 0 Å². The molecule has 1 saturated heterocycles. The van der Waals surface area contributed by atoms with Gasteiger partial charge in [0.15, 0.2) is 0 Å². The number of nitrogens with zero attached hydrogens (tertiary/aromatic N) is 1. The summed E-state index contributed by atoms with van der Waals surface area (Å²) in [4.78, 5) is 13.3. The van der Waals surface area contributed by atoms with Crippen LogP contribution < -0.4 is 10.1 Å². The average Bonchev–Trinajstić information content (AvgIpc) is 2.44. The molecule has 0 radical (unpaired) electrons. The molecule has 1 aliphatic rings. The summed E-state index contributed by atoms with van der Waals surface area (Å²) in [5, 5.41) is 12.9. The summed E-state index contributed by atoms with van der Waals surface area (Å²) in [6, 6.07) is 7.92. The van der Waals surface area contributed by atoms with E-state index in [4.69, 9.17) is 4.74 Å². The van der Waals surface area contributed by atoms with Gasteiger partial charge in [-0.2, -0.15) is 0 Å². The summed E-state index contributed by atoms with van der Waals surface area (Å²) < 4.78 is 5.82. The third-order valence-electron chi connectivity index (χ3n) is 3.71. The molecule has 1 aliphatic heterocycles. The molecule has 1 aromatic carbocycles. The van der Waals surface area contributed by atoms with Crippen LogP contribution in [-0.4, -0.2) is 54.8 Å². The van der Waals surface area contributed by atoms with Crippen LogP contribution in [0.4, 0.5) is 0 Å². The number of para-hydroxylation sites is 1. The number of benzene rings is 1. The van der Waals surface area contributed by atoms with E-state index in [-0.39, 0.29) is 17.9 Å². The maximum atomic E-state index is 11.3. The highest BCUT2D eigenvalue weighted by molar-refractivity contribution is 5.78. The lowest BCUT2D eigenvalue weighted by molar-refractivity contribution is -0.124. The fraction of sp³-hybridized carbons (Fsp3) is 0.588. The Hall–Kier alpha value is -1.59. The highest BCUT2D eigenvalue weighted by Crippen LogP contribution is 2.30. The molecule has 1 heterocycles. The minimum atomic E-state index is -0.612. The van der Waals surface area contributed by atoms with Crippen molar-refractivity contribution in [2.75, 3.05) is 32.8 Å². The van der Waals surface area contributed by atoms with E-state index in [0.29, 0.717) is 19.6 Å². The lowest BCUT2D eigenvalue weighted by Gasteiger charge is -2.28. The third kappa shape index (κ3) is 4.71. The summed E-state index contributed by atoms with van der Waals surface area (Å²) in [5.74, 6) is 0.822. The van der Waals surface area contributed by atoms with E-state index in [0.717, 1.165) is 17.9 Å². The van der Waals surface area contributed by atoms with Crippen LogP contribution >= 0.6 is 0 Å². The van der Waals surface area contributed by atoms with E-state index in [9.17, 15) is 9.90 Å². The zero-order valence-corrected chi connectivity index (χ0v) is 13.6. The van der Waals surface area contributed by atoms with E-state index < -0.39 is 6.10 Å². The molecule has 0 saturated carbocycles. The van der Waals surface area contributed by atoms with E-state index in [2.05, 4.69) is 32.2 Å². The van der Waals surface area contributed by atoms with Crippen LogP contribution in [0.25, 0.3) is 0 Å². The Labute approximate surface area is 132 Å². The van der Waals surface area contributed by atoms with Crippen molar-refractivity contribution < 1.29 is 14.6 Å². The molecule has 5 heteroatoms. The van der Waals surface area contributed by atoms with Crippen LogP contribution in [-0.2, 0) is 10.2 Å². The Morgan fingerprint density at radius 1 is 1.36 bits per heavy atom. The van der Waals surface area contributed by atoms with E-state index >= 15 is 0 Å². The number of hydrogen-bond acceptors (Lipinski definition) is 4. The van der Waals surface area contributed by atoms with Crippen LogP contribution in [0.2, 0.25) is 0 Å². The fourth-order valence-corrected chi connectivity index (χ4v) is 2.60. The summed E-state index contributed by atoms with van der Waals surface area (Å²) >= 11 is 0. The maximum Gasteiger partial charge on any atom is 0.234 e. The molecule has 0 aliphatic carbocycles. The molecule has 122 valence electrons. The Kier molecular flexibility index (Phi) is 5.42. The first-order valence-electron chi connectivity index (χ1n) is 7.75. The molecular formula is C17H26N2O3. The normalized spacial score (nSPS) is 17.9. The Balaban J connectivity index is 1.89. The number of carbonyl (C=O) groups is 1. The second kappa shape index (κ2) is 7.11. The molecule has 0 bridgehead atoms. The van der Waals surface area contributed by atoms with Gasteiger partial charge in [-0.05, 0) is 17.0 Å². The van der Waals surface area contributed by atoms with Gasteiger partial charge < -0.3 is 15.2 Å². The predicted octanol–water partition coefficient (Wildman–Crippen LogP) is 1.16. The number of carbonyl (C=O) groups excluding carboxylic acids is 1. The lowest BCUT2D eigenvalue weighted by atomic mass is 9.86. The Morgan fingerprint density at radius 3 is 2.77 bits per heavy atom. The van der Waals surface area contributed by atoms with Crippen molar-refractivity contribution in [1.82, 2.24) is 10.2 Å². The summed E-state index contributed by atoms with van der Waals surface area (Å²) in [6.45, 7) is 8.83. The first-order chi connectivity index (χ1) is 10.4. The first-order valence-corrected chi connectivity index (χ1v) is 7.75. The zero-order chi connectivity index (χ0) is 16.2. The molecule has 2 N–H and O–H groups in total. The van der Waals surface area contributed by atoms with Gasteiger partial charge in [0, 0.05) is 19.6 Å². The SMILES string of the molecule is CC(C)(C)c1ccccc1OCC(O)CN1CCNC(=O)C1. The van der Waals surface area contributed by atoms with Gasteiger partial charge in [-0.1, -0.05) is 39.0 Å². The summed E-state index contributed by atoms with van der Waals surface area (Å²) in [7, 11) is 0. The van der Waals surface area contributed by atoms with Crippen molar-refractivity contribution in [3.8, 4) is 5.75 Å². The smallest absolute Gasteiger partial charge is 0.234 e. The minimum Gasteiger partial charge on any atom is -0.491 e. The average molecular weight is 306 g/mol. The number of aliphatic hydroxyl groups excluding tert-OH is 1. The van der Waals surface area contributed by atoms with Crippen molar-refractivity contribution in [1.29, 1.82) is 0 Å². The van der Waals surface area contributed by atoms with Crippen molar-refractivity contribution in [3.63, 3.8) is 0 Å². The first kappa shape index (κ1) is 16.8. The predicted molar refractivity (Wildman–Crippen MR) is 86.1 cm³/mol. The molecule has 1 aromatic rings. The standard InChI is InChI=1S/C17H26N2O3/c1-17(2,3)14-6-4-5-7-15(14)22-12-13(20)10-19-9-8-18-16(21)11-19/h4-7,13,20H,8-12H2,1-3H3,(H,18,21). The molecule has 1 fully saturated rings. The fourth-order valence-electron chi connectivity index (χ4n) is 2.60. The van der Waals surface area contributed by atoms with E-state index in [1.165, 1.54) is 0 Å². The molecule has 1 unspecified atom stereocenters. The zero-order valence-electron chi connectivity index (χ0n) is 13.6. The minimum absolute atomic E-state index is 0.00744. The van der Waals surface area contributed by atoms with Gasteiger partial charge in [0.2, 0.25) is 5.91 Å². The number of amides is 1. The van der Waals surface area contributed by atoms with E-state index in [1.807, 2.05) is 23.1 Å². The molecule has 5 nitrogen and oxygen atoms in total. The third-order valence-corrected chi connectivity index (χ3v) is 3.71. The van der Waals surface area contributed by atoms with E-state index in [1.54, 1.807) is 0 Å². The second-order valence-electron chi connectivity index (χ2n) is 6.80. The van der Waals surface area contributed by atoms with Crippen LogP contribution in [0.5, 0.6) is 5.75 Å². The number of aliphatic hydroxyl groups is 1. The number of β-amino-alcohol motifs (C(OH)–C–C–N with tert-alkyl or cyclic N) is 1. The summed E-state index contributed by atoms with van der Waals surface area (Å²) in [5.41, 5.74) is 1.12. The Morgan fingerprint density at radius 2 is 2.09 bits per heavy atom. The highest BCUT2D eigenvalue weighted by Gasteiger charge is 2.21. The van der Waals surface area contributed by atoms with Gasteiger partial charge in [-0.15, -0.1) is 0 Å². The molecule has 0 aromatic heterocycles. The number of hydrogen-bond donors (Lipinski definition) is 2. The number of piperazine rings is 1. The largest absolute Gasteiger partial charge is 0.491 e. The van der Waals surface area contributed by atoms with Crippen molar-refractivity contribution in [2.24, 2.45) is 0 Å². The monoisotopic (exact) mass is 306 g/mol. The van der Waals surface area contributed by atoms with Gasteiger partial charge in [0.1, 0.15) is 18.5 Å². The van der Waals surface area contributed by atoms with Crippen LogP contribution in [0.1, 0.15) is 26.3 Å². The van der Waals surface area contributed by atoms with Crippen molar-refractivity contribution in [2.45, 2.75) is 32.3 Å². The van der Waals surface area contributed by atoms with Crippen molar-refractivity contribution in [3.05, 3.63) is 29.8 Å². The molecule has 2 rings (SSSR count). The van der Waals surface area contributed by atoms with Crippen molar-refractivity contribution >= 4 is 5.91 Å². The maximum absolute atomic E-state index is 11.3. The van der Waals surface area contributed by atoms with Crippen LogP contribution in [0, 0.1) is 0 Å². The van der Waals surface area contributed by atoms with Crippen LogP contribution in [0.15, 0.2) is 24.3 Å². The van der Waals surface area contributed by atoms with Gasteiger partial charge >= 0.3 is 0 Å². The van der Waals surface area contributed by atoms with Gasteiger partial charge in [0.05, 0.1) is 6.54 Å².